The fourth-order valence-corrected chi connectivity index (χ4v) is 3.45. The van der Waals surface area contributed by atoms with Crippen LogP contribution in [-0.4, -0.2) is 29.5 Å². The second-order valence-electron chi connectivity index (χ2n) is 3.32. The van der Waals surface area contributed by atoms with Gasteiger partial charge in [-0.3, -0.25) is 4.79 Å². The lowest BCUT2D eigenvalue weighted by atomic mass is 10.5. The minimum Gasteiger partial charge on any atom is -0.312 e. The quantitative estimate of drug-likeness (QED) is 0.585. The van der Waals surface area contributed by atoms with Crippen LogP contribution in [0.15, 0.2) is 22.2 Å². The van der Waals surface area contributed by atoms with E-state index >= 15 is 0 Å². The molecule has 0 spiro atoms. The van der Waals surface area contributed by atoms with Crippen molar-refractivity contribution in [2.45, 2.75) is 24.9 Å². The van der Waals surface area contributed by atoms with Gasteiger partial charge in [0.1, 0.15) is 0 Å². The van der Waals surface area contributed by atoms with Crippen molar-refractivity contribution in [2.75, 3.05) is 11.5 Å². The molecule has 0 aromatic carbocycles. The van der Waals surface area contributed by atoms with E-state index in [1.807, 2.05) is 6.92 Å². The van der Waals surface area contributed by atoms with Gasteiger partial charge in [0.05, 0.1) is 5.75 Å². The maximum absolute atomic E-state index is 11.8. The van der Waals surface area contributed by atoms with E-state index in [2.05, 4.69) is 4.98 Å². The van der Waals surface area contributed by atoms with Crippen molar-refractivity contribution in [3.05, 3.63) is 22.7 Å². The molecular weight excluding hydrogens is 284 g/mol. The molecule has 0 fully saturated rings. The van der Waals surface area contributed by atoms with Crippen molar-refractivity contribution in [1.82, 2.24) is 9.55 Å². The maximum atomic E-state index is 11.8. The van der Waals surface area contributed by atoms with Crippen LogP contribution in [0.1, 0.15) is 13.3 Å². The number of halogens is 1. The van der Waals surface area contributed by atoms with E-state index in [9.17, 15) is 13.2 Å². The van der Waals surface area contributed by atoms with Crippen LogP contribution >= 0.6 is 22.4 Å². The van der Waals surface area contributed by atoms with Gasteiger partial charge in [-0.1, -0.05) is 18.7 Å². The van der Waals surface area contributed by atoms with Crippen molar-refractivity contribution < 1.29 is 8.42 Å². The third-order valence-electron chi connectivity index (χ3n) is 1.91. The Morgan fingerprint density at radius 1 is 1.53 bits per heavy atom. The first-order valence-corrected chi connectivity index (χ1v) is 8.51. The number of rotatable bonds is 6. The summed E-state index contributed by atoms with van der Waals surface area (Å²) in [7, 11) is 1.56. The summed E-state index contributed by atoms with van der Waals surface area (Å²) in [4.78, 5) is 15.7. The highest BCUT2D eigenvalue weighted by Crippen LogP contribution is 2.11. The van der Waals surface area contributed by atoms with Crippen molar-refractivity contribution in [2.24, 2.45) is 0 Å². The molecule has 0 bridgehead atoms. The summed E-state index contributed by atoms with van der Waals surface area (Å²) in [5.74, 6) is 0.0488. The highest BCUT2D eigenvalue weighted by atomic mass is 35.7. The number of hydrogen-bond donors (Lipinski definition) is 0. The Hall–Kier alpha value is -0.530. The molecule has 1 heterocycles. The first kappa shape index (κ1) is 14.5. The molecule has 0 saturated heterocycles. The second-order valence-corrected chi connectivity index (χ2v) is 7.30. The van der Waals surface area contributed by atoms with Gasteiger partial charge in [-0.25, -0.2) is 13.4 Å². The Balaban J connectivity index is 2.72. The van der Waals surface area contributed by atoms with Crippen LogP contribution in [0.3, 0.4) is 0 Å². The molecule has 17 heavy (non-hydrogen) atoms. The van der Waals surface area contributed by atoms with E-state index in [1.54, 1.807) is 10.8 Å². The molecule has 0 saturated carbocycles. The molecule has 5 nitrogen and oxygen atoms in total. The maximum Gasteiger partial charge on any atom is 0.283 e. The molecule has 0 amide bonds. The van der Waals surface area contributed by atoms with E-state index in [-0.39, 0.29) is 17.1 Å². The first-order chi connectivity index (χ1) is 7.94. The molecule has 0 N–H and O–H groups in total. The fourth-order valence-electron chi connectivity index (χ4n) is 1.18. The van der Waals surface area contributed by atoms with Crippen LogP contribution in [0, 0.1) is 0 Å². The van der Waals surface area contributed by atoms with Gasteiger partial charge < -0.3 is 4.57 Å². The predicted octanol–water partition coefficient (Wildman–Crippen LogP) is 1.31. The average Bonchev–Trinajstić information content (AvgIpc) is 2.22. The van der Waals surface area contributed by atoms with E-state index in [0.717, 1.165) is 18.2 Å². The summed E-state index contributed by atoms with van der Waals surface area (Å²) in [6.45, 7) is 2.60. The molecule has 1 aromatic rings. The van der Waals surface area contributed by atoms with Gasteiger partial charge in [0.25, 0.3) is 5.56 Å². The summed E-state index contributed by atoms with van der Waals surface area (Å²) >= 11 is 1.11. The Morgan fingerprint density at radius 3 is 2.82 bits per heavy atom. The van der Waals surface area contributed by atoms with E-state index in [0.29, 0.717) is 11.6 Å². The van der Waals surface area contributed by atoms with Crippen molar-refractivity contribution in [1.29, 1.82) is 0 Å². The lowest BCUT2D eigenvalue weighted by Crippen LogP contribution is -2.22. The predicted molar refractivity (Wildman–Crippen MR) is 69.2 cm³/mol. The van der Waals surface area contributed by atoms with Crippen molar-refractivity contribution >= 4 is 31.5 Å². The summed E-state index contributed by atoms with van der Waals surface area (Å²) in [5.41, 5.74) is -0.189. The van der Waals surface area contributed by atoms with Crippen LogP contribution in [0.2, 0.25) is 0 Å². The molecule has 1 rings (SSSR count). The van der Waals surface area contributed by atoms with Crippen LogP contribution in [-0.2, 0) is 15.6 Å². The third kappa shape index (κ3) is 5.10. The Morgan fingerprint density at radius 2 is 2.24 bits per heavy atom. The topological polar surface area (TPSA) is 69.0 Å². The lowest BCUT2D eigenvalue weighted by Gasteiger charge is -2.04. The molecule has 0 unspecified atom stereocenters. The molecule has 0 atom stereocenters. The van der Waals surface area contributed by atoms with Gasteiger partial charge in [0.15, 0.2) is 5.03 Å². The zero-order valence-electron chi connectivity index (χ0n) is 9.30. The number of hydrogen-bond acceptors (Lipinski definition) is 5. The van der Waals surface area contributed by atoms with Gasteiger partial charge >= 0.3 is 0 Å². The normalized spacial score (nSPS) is 11.6. The van der Waals surface area contributed by atoms with Gasteiger partial charge in [-0.05, 0) is 6.42 Å². The number of aryl methyl sites for hydroxylation is 1. The van der Waals surface area contributed by atoms with E-state index in [4.69, 9.17) is 10.7 Å². The molecular formula is C9H13ClN2O3S2. The van der Waals surface area contributed by atoms with Gasteiger partial charge in [0.2, 0.25) is 9.05 Å². The minimum atomic E-state index is -3.51. The molecule has 0 aliphatic heterocycles. The molecule has 96 valence electrons. The molecule has 0 aliphatic rings. The summed E-state index contributed by atoms with van der Waals surface area (Å²) in [6.07, 6.45) is 4.01. The van der Waals surface area contributed by atoms with Crippen molar-refractivity contribution in [3.8, 4) is 0 Å². The second kappa shape index (κ2) is 6.42. The van der Waals surface area contributed by atoms with Crippen LogP contribution in [0.25, 0.3) is 0 Å². The van der Waals surface area contributed by atoms with Crippen LogP contribution in [0.4, 0.5) is 0 Å². The zero-order chi connectivity index (χ0) is 12.9. The number of aromatic nitrogens is 2. The summed E-state index contributed by atoms with van der Waals surface area (Å²) < 4.78 is 23.0. The Bertz CT molecular complexity index is 527. The van der Waals surface area contributed by atoms with Gasteiger partial charge in [-0.2, -0.15) is 0 Å². The lowest BCUT2D eigenvalue weighted by molar-refractivity contribution is 0.611. The third-order valence-corrected chi connectivity index (χ3v) is 4.29. The largest absolute Gasteiger partial charge is 0.312 e. The molecule has 0 radical (unpaired) electrons. The van der Waals surface area contributed by atoms with E-state index in [1.165, 1.54) is 6.20 Å². The monoisotopic (exact) mass is 296 g/mol. The minimum absolute atomic E-state index is 0.178. The Labute approximate surface area is 109 Å². The Kier molecular flexibility index (Phi) is 5.48. The highest BCUT2D eigenvalue weighted by molar-refractivity contribution is 8.14. The van der Waals surface area contributed by atoms with Gasteiger partial charge in [0, 0.05) is 35.4 Å². The van der Waals surface area contributed by atoms with Crippen molar-refractivity contribution in [3.63, 3.8) is 0 Å². The smallest absolute Gasteiger partial charge is 0.283 e. The zero-order valence-corrected chi connectivity index (χ0v) is 11.7. The van der Waals surface area contributed by atoms with Crippen LogP contribution in [0.5, 0.6) is 0 Å². The van der Waals surface area contributed by atoms with E-state index < -0.39 is 9.05 Å². The number of thioether (sulfide) groups is 1. The number of nitrogens with zero attached hydrogens (tertiary/aromatic N) is 2. The molecule has 1 aromatic heterocycles. The SMILES string of the molecule is CCCn1ccnc(SCCS(=O)(=O)Cl)c1=O. The average molecular weight is 297 g/mol. The fraction of sp³-hybridized carbons (Fsp3) is 0.556. The highest BCUT2D eigenvalue weighted by Gasteiger charge is 2.09. The first-order valence-electron chi connectivity index (χ1n) is 5.04. The van der Waals surface area contributed by atoms with Crippen LogP contribution < -0.4 is 5.56 Å². The summed E-state index contributed by atoms with van der Waals surface area (Å²) in [6, 6.07) is 0. The standard InChI is InChI=1S/C9H13ClN2O3S2/c1-2-4-12-5-3-11-8(9(12)13)16-6-7-17(10,14)15/h3,5H,2,4,6-7H2,1H3. The van der Waals surface area contributed by atoms with Gasteiger partial charge in [-0.15, -0.1) is 0 Å². The molecule has 8 heteroatoms. The molecule has 0 aliphatic carbocycles. The summed E-state index contributed by atoms with van der Waals surface area (Å²) in [5, 5.41) is 0.307.